The number of ether oxygens (including phenoxy) is 1. The molecule has 2 fully saturated rings. The molecule has 6 heteroatoms. The zero-order valence-corrected chi connectivity index (χ0v) is 26.6. The normalized spacial score (nSPS) is 37.3. The van der Waals surface area contributed by atoms with E-state index in [0.29, 0.717) is 30.1 Å². The molecule has 0 saturated heterocycles. The van der Waals surface area contributed by atoms with Crippen LogP contribution in [-0.2, 0) is 21.4 Å². The molecule has 1 heterocycles. The van der Waals surface area contributed by atoms with Crippen molar-refractivity contribution in [1.82, 2.24) is 9.55 Å². The van der Waals surface area contributed by atoms with E-state index in [-0.39, 0.29) is 39.6 Å². The Morgan fingerprint density at radius 1 is 1.07 bits per heavy atom. The first-order valence-corrected chi connectivity index (χ1v) is 15.8. The van der Waals surface area contributed by atoms with Gasteiger partial charge in [0.25, 0.3) is 0 Å². The largest absolute Gasteiger partial charge is 0.462 e. The zero-order valence-electron chi connectivity index (χ0n) is 26.6. The molecule has 0 aromatic carbocycles. The lowest BCUT2D eigenvalue weighted by molar-refractivity contribution is -0.167. The maximum atomic E-state index is 13.1. The lowest BCUT2D eigenvalue weighted by Crippen LogP contribution is -2.55. The molecule has 2 saturated carbocycles. The second-order valence-corrected chi connectivity index (χ2v) is 15.1. The van der Waals surface area contributed by atoms with Crippen LogP contribution in [0.1, 0.15) is 113 Å². The van der Waals surface area contributed by atoms with E-state index >= 15 is 0 Å². The minimum absolute atomic E-state index is 0.0137. The summed E-state index contributed by atoms with van der Waals surface area (Å²) in [6, 6.07) is 0. The van der Waals surface area contributed by atoms with E-state index in [4.69, 9.17) is 4.74 Å². The molecule has 0 spiro atoms. The summed E-state index contributed by atoms with van der Waals surface area (Å²) < 4.78 is 7.78. The van der Waals surface area contributed by atoms with Gasteiger partial charge >= 0.3 is 5.97 Å². The molecule has 0 N–H and O–H groups in total. The Balaban J connectivity index is 1.34. The van der Waals surface area contributed by atoms with Gasteiger partial charge in [-0.05, 0) is 91.8 Å². The van der Waals surface area contributed by atoms with Crippen LogP contribution in [0.3, 0.4) is 0 Å². The number of carbonyl (C=O) groups is 2. The zero-order chi connectivity index (χ0) is 29.3. The Bertz CT molecular complexity index is 1200. The highest BCUT2D eigenvalue weighted by Gasteiger charge is 2.63. The van der Waals surface area contributed by atoms with Gasteiger partial charge in [-0.3, -0.25) is 14.5 Å². The Morgan fingerprint density at radius 3 is 2.45 bits per heavy atom. The number of aryl methyl sites for hydroxylation is 1. The van der Waals surface area contributed by atoms with E-state index in [0.717, 1.165) is 19.3 Å². The van der Waals surface area contributed by atoms with E-state index in [1.165, 1.54) is 38.5 Å². The molecule has 40 heavy (non-hydrogen) atoms. The smallest absolute Gasteiger partial charge is 0.302 e. The van der Waals surface area contributed by atoms with Gasteiger partial charge in [-0.1, -0.05) is 52.7 Å². The van der Waals surface area contributed by atoms with E-state index in [1.807, 2.05) is 24.9 Å². The molecule has 1 aromatic heterocycles. The van der Waals surface area contributed by atoms with E-state index in [9.17, 15) is 9.59 Å². The number of rotatable bonds is 6. The lowest BCUT2D eigenvalue weighted by Gasteiger charge is -2.62. The van der Waals surface area contributed by atoms with Gasteiger partial charge in [0.05, 0.1) is 0 Å². The van der Waals surface area contributed by atoms with Crippen molar-refractivity contribution in [3.63, 3.8) is 0 Å². The van der Waals surface area contributed by atoms with Crippen LogP contribution >= 0.6 is 0 Å². The molecular weight excluding hydrogens is 498 g/mol. The molecule has 0 bridgehead atoms. The van der Waals surface area contributed by atoms with Gasteiger partial charge < -0.3 is 9.30 Å². The van der Waals surface area contributed by atoms with E-state index in [2.05, 4.69) is 46.5 Å². The number of allylic oxidation sites excluding steroid dienone is 2. The first-order chi connectivity index (χ1) is 18.7. The Labute approximate surface area is 242 Å². The standard InChI is InChI=1S/C34H53N3O3/c1-22(10-13-29(39)37(9)30-35-20-21-36(30)8)24-14-18-34(7)26-11-12-27-31(3,4)28(40-23(2)38)16-17-32(27,5)25(26)15-19-33(24,34)6/h20-22,24,27-28H,10-19H2,1-9H3/t22-,24-,27+,28+,32-,33-,34+/m1/s1. The Hall–Kier alpha value is -2.11. The number of carbonyl (C=O) groups excluding carboxylic acids is 2. The van der Waals surface area contributed by atoms with Crippen molar-refractivity contribution < 1.29 is 14.3 Å². The monoisotopic (exact) mass is 551 g/mol. The summed E-state index contributed by atoms with van der Waals surface area (Å²) in [7, 11) is 3.78. The first-order valence-electron chi connectivity index (χ1n) is 15.8. The van der Waals surface area contributed by atoms with Crippen LogP contribution in [0.2, 0.25) is 0 Å². The molecular formula is C34H53N3O3. The van der Waals surface area contributed by atoms with Gasteiger partial charge in [-0.2, -0.15) is 0 Å². The third-order valence-electron chi connectivity index (χ3n) is 13.0. The molecule has 4 aliphatic rings. The molecule has 5 rings (SSSR count). The van der Waals surface area contributed by atoms with Crippen LogP contribution in [0.25, 0.3) is 0 Å². The van der Waals surface area contributed by atoms with Crippen molar-refractivity contribution in [2.45, 2.75) is 119 Å². The topological polar surface area (TPSA) is 64.4 Å². The van der Waals surface area contributed by atoms with Gasteiger partial charge in [-0.25, -0.2) is 4.98 Å². The third-order valence-corrected chi connectivity index (χ3v) is 13.0. The maximum absolute atomic E-state index is 13.1. The number of fused-ring (bicyclic) bond motifs is 4. The number of hydrogen-bond acceptors (Lipinski definition) is 4. The second-order valence-electron chi connectivity index (χ2n) is 15.1. The first kappa shape index (κ1) is 29.4. The molecule has 4 aliphatic carbocycles. The highest BCUT2D eigenvalue weighted by molar-refractivity contribution is 5.91. The number of esters is 1. The summed E-state index contributed by atoms with van der Waals surface area (Å²) >= 11 is 0. The minimum atomic E-state index is -0.144. The molecule has 222 valence electrons. The predicted octanol–water partition coefficient (Wildman–Crippen LogP) is 7.48. The van der Waals surface area contributed by atoms with Crippen molar-refractivity contribution in [1.29, 1.82) is 0 Å². The molecule has 6 nitrogen and oxygen atoms in total. The molecule has 1 aromatic rings. The molecule has 7 atom stereocenters. The second kappa shape index (κ2) is 10.0. The fourth-order valence-electron chi connectivity index (χ4n) is 10.5. The Kier molecular flexibility index (Phi) is 7.36. The number of aromatic nitrogens is 2. The van der Waals surface area contributed by atoms with Crippen LogP contribution in [-0.4, -0.2) is 34.6 Å². The fraction of sp³-hybridized carbons (Fsp3) is 0.794. The van der Waals surface area contributed by atoms with Gasteiger partial charge in [0.2, 0.25) is 11.9 Å². The summed E-state index contributed by atoms with van der Waals surface area (Å²) in [6.07, 6.45) is 14.6. The highest BCUT2D eigenvalue weighted by atomic mass is 16.5. The van der Waals surface area contributed by atoms with Crippen molar-refractivity contribution in [3.05, 3.63) is 23.5 Å². The van der Waals surface area contributed by atoms with Gasteiger partial charge in [0.15, 0.2) is 0 Å². The third kappa shape index (κ3) is 4.29. The van der Waals surface area contributed by atoms with Gasteiger partial charge in [0, 0.05) is 45.2 Å². The van der Waals surface area contributed by atoms with Crippen LogP contribution < -0.4 is 4.90 Å². The summed E-state index contributed by atoms with van der Waals surface area (Å²) in [5.74, 6) is 2.41. The lowest BCUT2D eigenvalue weighted by atomic mass is 9.43. The van der Waals surface area contributed by atoms with Gasteiger partial charge in [0.1, 0.15) is 6.10 Å². The number of hydrogen-bond donors (Lipinski definition) is 0. The summed E-state index contributed by atoms with van der Waals surface area (Å²) in [6.45, 7) is 16.4. The average molecular weight is 552 g/mol. The average Bonchev–Trinajstić information content (AvgIpc) is 3.43. The number of imidazole rings is 1. The molecule has 1 amide bonds. The van der Waals surface area contributed by atoms with Crippen molar-refractivity contribution in [2.75, 3.05) is 11.9 Å². The number of anilines is 1. The maximum Gasteiger partial charge on any atom is 0.302 e. The molecule has 0 aliphatic heterocycles. The van der Waals surface area contributed by atoms with E-state index in [1.54, 1.807) is 29.2 Å². The van der Waals surface area contributed by atoms with Crippen LogP contribution in [0.5, 0.6) is 0 Å². The fourth-order valence-corrected chi connectivity index (χ4v) is 10.5. The van der Waals surface area contributed by atoms with Crippen molar-refractivity contribution in [2.24, 2.45) is 46.5 Å². The Morgan fingerprint density at radius 2 is 1.80 bits per heavy atom. The summed E-state index contributed by atoms with van der Waals surface area (Å²) in [5, 5.41) is 0. The van der Waals surface area contributed by atoms with Crippen LogP contribution in [0.15, 0.2) is 23.5 Å². The quantitative estimate of drug-likeness (QED) is 0.272. The van der Waals surface area contributed by atoms with E-state index < -0.39 is 0 Å². The SMILES string of the molecule is CC(=O)O[C@H]1CC[C@]2(C)C3=C(CC[C@H]2C1(C)C)[C@]1(C)CC[C@H]([C@H](C)CCC(=O)N(C)c2nccn2C)[C@@]1(C)CC3. The minimum Gasteiger partial charge on any atom is -0.462 e. The number of amides is 1. The van der Waals surface area contributed by atoms with Gasteiger partial charge in [-0.15, -0.1) is 0 Å². The van der Waals surface area contributed by atoms with Crippen molar-refractivity contribution >= 4 is 17.8 Å². The van der Waals surface area contributed by atoms with Crippen molar-refractivity contribution in [3.8, 4) is 0 Å². The summed E-state index contributed by atoms with van der Waals surface area (Å²) in [4.78, 5) is 31.0. The van der Waals surface area contributed by atoms with Crippen LogP contribution in [0.4, 0.5) is 5.95 Å². The number of nitrogens with zero attached hydrogens (tertiary/aromatic N) is 3. The molecule has 0 unspecified atom stereocenters. The van der Waals surface area contributed by atoms with Crippen LogP contribution in [0, 0.1) is 39.4 Å². The highest BCUT2D eigenvalue weighted by Crippen LogP contribution is 2.72. The summed E-state index contributed by atoms with van der Waals surface area (Å²) in [5.41, 5.74) is 4.23. The predicted molar refractivity (Wildman–Crippen MR) is 160 cm³/mol. The molecule has 0 radical (unpaired) electrons.